The molecule has 2 heterocycles. The number of nitrogens with zero attached hydrogens (tertiary/aromatic N) is 2. The Morgan fingerprint density at radius 2 is 1.77 bits per heavy atom. The van der Waals surface area contributed by atoms with Crippen LogP contribution >= 0.6 is 0 Å². The molecule has 8 heteroatoms. The zero-order valence-corrected chi connectivity index (χ0v) is 20.4. The van der Waals surface area contributed by atoms with E-state index in [1.54, 1.807) is 0 Å². The van der Waals surface area contributed by atoms with Gasteiger partial charge in [0.15, 0.2) is 0 Å². The lowest BCUT2D eigenvalue weighted by molar-refractivity contribution is 0.00578. The molecular formula is C23H40BN3O4. The molecule has 1 aromatic rings. The van der Waals surface area contributed by atoms with Gasteiger partial charge in [-0.15, -0.1) is 0 Å². The van der Waals surface area contributed by atoms with Gasteiger partial charge >= 0.3 is 13.2 Å². The van der Waals surface area contributed by atoms with Gasteiger partial charge in [0.25, 0.3) is 0 Å². The average molecular weight is 433 g/mol. The van der Waals surface area contributed by atoms with Gasteiger partial charge in [-0.2, -0.15) is 5.10 Å². The van der Waals surface area contributed by atoms with Crippen molar-refractivity contribution >= 4 is 18.7 Å². The number of hydrogen-bond acceptors (Lipinski definition) is 5. The molecule has 3 rings (SSSR count). The van der Waals surface area contributed by atoms with Gasteiger partial charge in [-0.25, -0.2) is 4.79 Å². The molecule has 0 bridgehead atoms. The number of carbonyl (C=O) groups is 1. The van der Waals surface area contributed by atoms with Crippen LogP contribution in [0.3, 0.4) is 0 Å². The van der Waals surface area contributed by atoms with Crippen molar-refractivity contribution in [2.75, 3.05) is 6.54 Å². The molecular weight excluding hydrogens is 393 g/mol. The number of hydrogen-bond donors (Lipinski definition) is 1. The van der Waals surface area contributed by atoms with E-state index in [1.165, 1.54) is 18.5 Å². The third-order valence-electron chi connectivity index (χ3n) is 6.35. The highest BCUT2D eigenvalue weighted by atomic mass is 16.7. The van der Waals surface area contributed by atoms with Crippen LogP contribution in [0.5, 0.6) is 0 Å². The van der Waals surface area contributed by atoms with Crippen LogP contribution in [-0.2, 0) is 20.6 Å². The van der Waals surface area contributed by atoms with Gasteiger partial charge in [-0.3, -0.25) is 4.68 Å². The van der Waals surface area contributed by atoms with Crippen LogP contribution in [0, 0.1) is 0 Å². The molecule has 0 spiro atoms. The fourth-order valence-electron chi connectivity index (χ4n) is 3.79. The number of rotatable bonds is 9. The molecule has 1 N–H and O–H groups in total. The second-order valence-corrected chi connectivity index (χ2v) is 10.9. The lowest BCUT2D eigenvalue weighted by Gasteiger charge is -2.32. The number of nitrogens with one attached hydrogen (secondary N) is 1. The van der Waals surface area contributed by atoms with E-state index in [9.17, 15) is 4.79 Å². The van der Waals surface area contributed by atoms with Gasteiger partial charge in [-0.1, -0.05) is 12.8 Å². The Bertz CT molecular complexity index is 749. The van der Waals surface area contributed by atoms with Gasteiger partial charge in [0, 0.05) is 36.4 Å². The van der Waals surface area contributed by atoms with Crippen molar-refractivity contribution in [3.05, 3.63) is 11.9 Å². The number of alkyl carbamates (subject to hydrolysis) is 1. The molecule has 1 aromatic heterocycles. The summed E-state index contributed by atoms with van der Waals surface area (Å²) in [5.74, 6) is 0.578. The number of aromatic nitrogens is 2. The van der Waals surface area contributed by atoms with Crippen molar-refractivity contribution in [3.8, 4) is 0 Å². The number of unbranched alkanes of at least 4 members (excludes halogenated alkanes) is 3. The third kappa shape index (κ3) is 6.25. The van der Waals surface area contributed by atoms with Gasteiger partial charge in [-0.05, 0) is 74.1 Å². The Morgan fingerprint density at radius 1 is 1.16 bits per heavy atom. The van der Waals surface area contributed by atoms with E-state index in [-0.39, 0.29) is 24.4 Å². The van der Waals surface area contributed by atoms with E-state index in [0.717, 1.165) is 37.7 Å². The standard InChI is InChI=1S/C23H40BN3O4/c1-21(2,3)29-20(28)25-14-10-8-9-11-15-27-19(17-12-13-17)18(16-26-27)24-30-22(4,5)23(6,7)31-24/h16-17H,8-15H2,1-7H3,(H,25,28). The van der Waals surface area contributed by atoms with Crippen LogP contribution in [0.4, 0.5) is 4.79 Å². The largest absolute Gasteiger partial charge is 0.498 e. The number of aryl methyl sites for hydroxylation is 1. The molecule has 0 atom stereocenters. The predicted molar refractivity (Wildman–Crippen MR) is 123 cm³/mol. The minimum Gasteiger partial charge on any atom is -0.444 e. The van der Waals surface area contributed by atoms with E-state index in [1.807, 2.05) is 27.0 Å². The normalized spacial score (nSPS) is 20.2. The molecule has 1 aliphatic heterocycles. The molecule has 1 amide bonds. The van der Waals surface area contributed by atoms with Crippen molar-refractivity contribution in [2.24, 2.45) is 0 Å². The molecule has 31 heavy (non-hydrogen) atoms. The topological polar surface area (TPSA) is 74.6 Å². The SMILES string of the molecule is CC(C)(C)OC(=O)NCCCCCCn1ncc(B2OC(C)(C)C(C)(C)O2)c1C1CC1. The highest BCUT2D eigenvalue weighted by Gasteiger charge is 2.53. The second-order valence-electron chi connectivity index (χ2n) is 10.9. The maximum atomic E-state index is 11.7. The minimum atomic E-state index is -0.452. The summed E-state index contributed by atoms with van der Waals surface area (Å²) < 4.78 is 20.0. The number of ether oxygens (including phenoxy) is 1. The van der Waals surface area contributed by atoms with Crippen molar-refractivity contribution in [2.45, 2.75) is 116 Å². The minimum absolute atomic E-state index is 0.339. The Kier molecular flexibility index (Phi) is 7.11. The van der Waals surface area contributed by atoms with E-state index >= 15 is 0 Å². The first kappa shape index (κ1) is 24.1. The summed E-state index contributed by atoms with van der Waals surface area (Å²) in [5, 5.41) is 7.51. The van der Waals surface area contributed by atoms with E-state index < -0.39 is 5.60 Å². The van der Waals surface area contributed by atoms with E-state index in [2.05, 4.69) is 37.7 Å². The molecule has 1 aliphatic carbocycles. The maximum absolute atomic E-state index is 11.7. The molecule has 2 fully saturated rings. The average Bonchev–Trinajstić information content (AvgIpc) is 3.32. The Hall–Kier alpha value is -1.54. The molecule has 0 aromatic carbocycles. The molecule has 0 unspecified atom stereocenters. The van der Waals surface area contributed by atoms with Gasteiger partial charge < -0.3 is 19.4 Å². The fraction of sp³-hybridized carbons (Fsp3) is 0.826. The molecule has 2 aliphatic rings. The predicted octanol–water partition coefficient (Wildman–Crippen LogP) is 4.14. The van der Waals surface area contributed by atoms with Crippen LogP contribution in [0.15, 0.2) is 6.20 Å². The molecule has 174 valence electrons. The van der Waals surface area contributed by atoms with Gasteiger partial charge in [0.2, 0.25) is 0 Å². The van der Waals surface area contributed by atoms with Crippen molar-refractivity contribution < 1.29 is 18.8 Å². The number of amides is 1. The highest BCUT2D eigenvalue weighted by Crippen LogP contribution is 2.41. The van der Waals surface area contributed by atoms with Crippen LogP contribution in [0.1, 0.15) is 98.6 Å². The zero-order chi connectivity index (χ0) is 22.9. The summed E-state index contributed by atoms with van der Waals surface area (Å²) in [6, 6.07) is 0. The summed E-state index contributed by atoms with van der Waals surface area (Å²) in [7, 11) is -0.340. The van der Waals surface area contributed by atoms with Crippen LogP contribution in [0.2, 0.25) is 0 Å². The fourth-order valence-corrected chi connectivity index (χ4v) is 3.79. The summed E-state index contributed by atoms with van der Waals surface area (Å²) in [6.07, 6.45) is 8.23. The maximum Gasteiger partial charge on any atom is 0.498 e. The Labute approximate surface area is 187 Å². The highest BCUT2D eigenvalue weighted by molar-refractivity contribution is 6.62. The lowest BCUT2D eigenvalue weighted by atomic mass is 9.78. The first-order valence-corrected chi connectivity index (χ1v) is 11.8. The molecule has 0 radical (unpaired) electrons. The van der Waals surface area contributed by atoms with Crippen LogP contribution < -0.4 is 10.8 Å². The Morgan fingerprint density at radius 3 is 2.35 bits per heavy atom. The molecule has 1 saturated carbocycles. The van der Waals surface area contributed by atoms with Crippen molar-refractivity contribution in [1.29, 1.82) is 0 Å². The molecule has 1 saturated heterocycles. The summed E-state index contributed by atoms with van der Waals surface area (Å²) in [4.78, 5) is 11.7. The lowest BCUT2D eigenvalue weighted by Crippen LogP contribution is -2.41. The van der Waals surface area contributed by atoms with E-state index in [4.69, 9.17) is 19.1 Å². The second kappa shape index (κ2) is 9.14. The first-order chi connectivity index (χ1) is 14.4. The van der Waals surface area contributed by atoms with Gasteiger partial charge in [0.1, 0.15) is 5.60 Å². The summed E-state index contributed by atoms with van der Waals surface area (Å²) >= 11 is 0. The quantitative estimate of drug-likeness (QED) is 0.468. The monoisotopic (exact) mass is 433 g/mol. The van der Waals surface area contributed by atoms with Crippen LogP contribution in [-0.4, -0.2) is 46.3 Å². The summed E-state index contributed by atoms with van der Waals surface area (Å²) in [5.41, 5.74) is 1.27. The number of carbonyl (C=O) groups excluding carboxylic acids is 1. The summed E-state index contributed by atoms with van der Waals surface area (Å²) in [6.45, 7) is 15.5. The van der Waals surface area contributed by atoms with Crippen molar-refractivity contribution in [3.63, 3.8) is 0 Å². The first-order valence-electron chi connectivity index (χ1n) is 11.8. The third-order valence-corrected chi connectivity index (χ3v) is 6.35. The van der Waals surface area contributed by atoms with Gasteiger partial charge in [0.05, 0.1) is 11.2 Å². The van der Waals surface area contributed by atoms with Crippen molar-refractivity contribution in [1.82, 2.24) is 15.1 Å². The zero-order valence-electron chi connectivity index (χ0n) is 20.4. The smallest absolute Gasteiger partial charge is 0.444 e. The van der Waals surface area contributed by atoms with Crippen LogP contribution in [0.25, 0.3) is 0 Å². The molecule has 7 nitrogen and oxygen atoms in total. The Balaban J connectivity index is 1.44. The van der Waals surface area contributed by atoms with E-state index in [0.29, 0.717) is 12.5 Å².